The second-order valence-corrected chi connectivity index (χ2v) is 23.4. The molecule has 0 aliphatic carbocycles. The highest BCUT2D eigenvalue weighted by atomic mass is 16.8. The molecule has 7 aromatic rings. The van der Waals surface area contributed by atoms with E-state index in [2.05, 4.69) is 6.58 Å². The number of rotatable bonds is 34. The van der Waals surface area contributed by atoms with Crippen LogP contribution in [0.15, 0.2) is 225 Å². The van der Waals surface area contributed by atoms with E-state index in [1.807, 2.05) is 226 Å². The Morgan fingerprint density at radius 2 is 0.750 bits per heavy atom. The van der Waals surface area contributed by atoms with E-state index >= 15 is 0 Å². The lowest BCUT2D eigenvalue weighted by atomic mass is 9.89. The maximum absolute atomic E-state index is 14.6. The van der Waals surface area contributed by atoms with Crippen molar-refractivity contribution < 1.29 is 75.9 Å². The number of carbonyl (C=O) groups excluding carboxylic acids is 2. The molecule has 0 amide bonds. The van der Waals surface area contributed by atoms with Gasteiger partial charge in [-0.15, -0.1) is 6.58 Å². The summed E-state index contributed by atoms with van der Waals surface area (Å²) >= 11 is 0. The number of ketones is 1. The van der Waals surface area contributed by atoms with E-state index in [1.54, 1.807) is 6.08 Å². The fourth-order valence-electron chi connectivity index (χ4n) is 11.7. The average Bonchev–Trinajstić information content (AvgIpc) is 0.796. The Hall–Kier alpha value is -7.10. The van der Waals surface area contributed by atoms with Crippen LogP contribution in [0.3, 0.4) is 0 Å². The maximum atomic E-state index is 14.6. The molecule has 3 aliphatic heterocycles. The lowest BCUT2D eigenvalue weighted by molar-refractivity contribution is -0.389. The Labute approximate surface area is 540 Å². The van der Waals surface area contributed by atoms with Crippen LogP contribution in [0.1, 0.15) is 72.6 Å². The molecule has 0 aromatic heterocycles. The first-order chi connectivity index (χ1) is 45.1. The van der Waals surface area contributed by atoms with E-state index in [4.69, 9.17) is 66.3 Å². The van der Waals surface area contributed by atoms with Gasteiger partial charge in [0.05, 0.1) is 90.8 Å². The molecule has 92 heavy (non-hydrogen) atoms. The summed E-state index contributed by atoms with van der Waals surface area (Å²) in [5, 5.41) is 0. The van der Waals surface area contributed by atoms with Gasteiger partial charge in [-0.1, -0.05) is 218 Å². The molecule has 3 aliphatic rings. The molecule has 0 spiro atoms. The topological polar surface area (TPSA) is 163 Å². The molecule has 0 saturated carbocycles. The van der Waals surface area contributed by atoms with Crippen molar-refractivity contribution in [3.8, 4) is 0 Å². The average molecular weight is 1260 g/mol. The number of hydrogen-bond acceptors (Lipinski definition) is 16. The molecule has 0 unspecified atom stereocenters. The van der Waals surface area contributed by atoms with Crippen molar-refractivity contribution in [1.29, 1.82) is 0 Å². The predicted molar refractivity (Wildman–Crippen MR) is 344 cm³/mol. The molecule has 10 rings (SSSR count). The summed E-state index contributed by atoms with van der Waals surface area (Å²) in [6.45, 7) is 10.8. The van der Waals surface area contributed by atoms with E-state index < -0.39 is 97.9 Å². The van der Waals surface area contributed by atoms with Gasteiger partial charge in [0.25, 0.3) is 0 Å². The Morgan fingerprint density at radius 1 is 0.380 bits per heavy atom. The standard InChI is InChI=1S/C76H86O16/c1-5-43-81-74-68(63(51-79-44-56-27-13-6-14-28-56)66(54(3)87-74)82-46-58-31-17-8-18-32-58)91-76-73(90-65(78)42-41-53(2)77)71(67(55(4)88-76)83-47-59-33-19-9-20-34-59)92-75-72(86-50-62-39-25-12-26-40-62)70(85-49-61-37-23-11-24-38-61)69(84-48-60-35-21-10-22-36-60)64(89-75)52-80-45-57-29-15-7-16-30-57/h5-40,54-55,63-64,66-76H,1,41-52H2,2-4H3/t54-,55-,63+,64-,66-,67-,68+,69-,70+,71+,72+,73+,74+,75-,76-/m0/s1. The van der Waals surface area contributed by atoms with Crippen LogP contribution < -0.4 is 0 Å². The highest BCUT2D eigenvalue weighted by Crippen LogP contribution is 2.40. The van der Waals surface area contributed by atoms with Crippen LogP contribution in [-0.4, -0.2) is 118 Å². The normalized spacial score (nSPS) is 26.4. The molecule has 7 aromatic carbocycles. The first kappa shape index (κ1) is 67.8. The molecule has 486 valence electrons. The molecular weight excluding hydrogens is 1170 g/mol. The Morgan fingerprint density at radius 3 is 1.21 bits per heavy atom. The number of Topliss-reactive ketones (excluding diaryl/α,β-unsaturated/α-hetero) is 1. The van der Waals surface area contributed by atoms with Crippen LogP contribution in [0.4, 0.5) is 0 Å². The summed E-state index contributed by atoms with van der Waals surface area (Å²) in [6.07, 6.45) is -12.8. The van der Waals surface area contributed by atoms with Crippen LogP contribution in [-0.2, 0) is 122 Å². The van der Waals surface area contributed by atoms with Crippen LogP contribution in [0.5, 0.6) is 0 Å². The molecule has 16 nitrogen and oxygen atoms in total. The predicted octanol–water partition coefficient (Wildman–Crippen LogP) is 12.4. The minimum absolute atomic E-state index is 0.0333. The van der Waals surface area contributed by atoms with Gasteiger partial charge in [0.1, 0.15) is 48.5 Å². The van der Waals surface area contributed by atoms with Crippen molar-refractivity contribution in [3.63, 3.8) is 0 Å². The van der Waals surface area contributed by atoms with Gasteiger partial charge in [-0.05, 0) is 59.7 Å². The van der Waals surface area contributed by atoms with Crippen LogP contribution in [0.25, 0.3) is 0 Å². The third kappa shape index (κ3) is 20.0. The number of hydrogen-bond donors (Lipinski definition) is 0. The summed E-state index contributed by atoms with van der Waals surface area (Å²) in [5.41, 5.74) is 6.47. The van der Waals surface area contributed by atoms with Gasteiger partial charge >= 0.3 is 5.97 Å². The molecule has 0 radical (unpaired) electrons. The molecule has 16 heteroatoms. The minimum Gasteiger partial charge on any atom is -0.454 e. The van der Waals surface area contributed by atoms with Crippen molar-refractivity contribution in [2.75, 3.05) is 19.8 Å². The van der Waals surface area contributed by atoms with E-state index in [0.29, 0.717) is 0 Å². The molecule has 15 atom stereocenters. The zero-order valence-electron chi connectivity index (χ0n) is 52.7. The maximum Gasteiger partial charge on any atom is 0.306 e. The van der Waals surface area contributed by atoms with Gasteiger partial charge in [0.2, 0.25) is 0 Å². The molecular formula is C76H86O16. The van der Waals surface area contributed by atoms with Gasteiger partial charge < -0.3 is 71.1 Å². The Kier molecular flexibility index (Phi) is 26.4. The quantitative estimate of drug-likeness (QED) is 0.0276. The van der Waals surface area contributed by atoms with Gasteiger partial charge in [-0.25, -0.2) is 0 Å². The monoisotopic (exact) mass is 1250 g/mol. The molecule has 0 N–H and O–H groups in total. The van der Waals surface area contributed by atoms with E-state index in [1.165, 1.54) is 6.92 Å². The summed E-state index contributed by atoms with van der Waals surface area (Å²) in [7, 11) is 0. The third-order valence-electron chi connectivity index (χ3n) is 16.4. The zero-order chi connectivity index (χ0) is 63.7. The van der Waals surface area contributed by atoms with Gasteiger partial charge in [0, 0.05) is 12.3 Å². The van der Waals surface area contributed by atoms with Gasteiger partial charge in [0.15, 0.2) is 25.0 Å². The van der Waals surface area contributed by atoms with Crippen molar-refractivity contribution >= 4 is 11.8 Å². The van der Waals surface area contributed by atoms with Crippen molar-refractivity contribution in [3.05, 3.63) is 264 Å². The second kappa shape index (κ2) is 35.8. The van der Waals surface area contributed by atoms with Crippen LogP contribution >= 0.6 is 0 Å². The summed E-state index contributed by atoms with van der Waals surface area (Å²) in [6, 6.07) is 69.0. The first-order valence-electron chi connectivity index (χ1n) is 31.9. The largest absolute Gasteiger partial charge is 0.454 e. The summed E-state index contributed by atoms with van der Waals surface area (Å²) in [4.78, 5) is 27.3. The third-order valence-corrected chi connectivity index (χ3v) is 16.4. The van der Waals surface area contributed by atoms with E-state index in [0.717, 1.165) is 38.9 Å². The highest BCUT2D eigenvalue weighted by Gasteiger charge is 2.57. The number of benzene rings is 7. The number of ether oxygens (including phenoxy) is 14. The van der Waals surface area contributed by atoms with Crippen molar-refractivity contribution in [2.45, 2.75) is 166 Å². The fourth-order valence-corrected chi connectivity index (χ4v) is 11.7. The van der Waals surface area contributed by atoms with Crippen molar-refractivity contribution in [2.24, 2.45) is 5.92 Å². The van der Waals surface area contributed by atoms with E-state index in [9.17, 15) is 9.59 Å². The van der Waals surface area contributed by atoms with E-state index in [-0.39, 0.29) is 84.7 Å². The fraction of sp³-hybridized carbons (Fsp3) is 0.395. The Balaban J connectivity index is 1.07. The second-order valence-electron chi connectivity index (χ2n) is 23.4. The van der Waals surface area contributed by atoms with Crippen molar-refractivity contribution in [1.82, 2.24) is 0 Å². The highest BCUT2D eigenvalue weighted by molar-refractivity contribution is 5.81. The van der Waals surface area contributed by atoms with Gasteiger partial charge in [-0.3, -0.25) is 4.79 Å². The lowest BCUT2D eigenvalue weighted by Crippen LogP contribution is -2.67. The Bertz CT molecular complexity index is 3220. The smallest absolute Gasteiger partial charge is 0.306 e. The number of esters is 1. The first-order valence-corrected chi connectivity index (χ1v) is 31.9. The molecule has 3 fully saturated rings. The van der Waals surface area contributed by atoms with Crippen LogP contribution in [0.2, 0.25) is 0 Å². The SMILES string of the molecule is C=CCO[C@@H]1O[C@@H](C)[C@H](OCc2ccccc2)[C@@H](COCc2ccccc2)[C@H]1O[C@@H]1O[C@@H](C)[C@H](OCc2ccccc2)[C@@H](O[C@@H]2O[C@@H](COCc3ccccc3)[C@H](OCc3ccccc3)[C@@H](OCc3ccccc3)[C@H]2OCc2ccccc2)[C@H]1OC(=O)CCC(C)=O. The summed E-state index contributed by atoms with van der Waals surface area (Å²) < 4.78 is 97.8. The van der Waals surface area contributed by atoms with Gasteiger partial charge in [-0.2, -0.15) is 0 Å². The zero-order valence-corrected chi connectivity index (χ0v) is 52.7. The molecule has 0 bridgehead atoms. The molecule has 3 heterocycles. The van der Waals surface area contributed by atoms with Crippen LogP contribution in [0, 0.1) is 5.92 Å². The lowest BCUT2D eigenvalue weighted by Gasteiger charge is -2.51. The number of carbonyl (C=O) groups is 2. The minimum atomic E-state index is -1.44. The summed E-state index contributed by atoms with van der Waals surface area (Å²) in [5.74, 6) is -1.50. The molecule has 3 saturated heterocycles.